The summed E-state index contributed by atoms with van der Waals surface area (Å²) >= 11 is 5.57. The smallest absolute Gasteiger partial charge is 0.178 e. The lowest BCUT2D eigenvalue weighted by Gasteiger charge is -2.32. The molecular formula is C18H25N3S. The molecule has 0 amide bonds. The number of aromatic nitrogens is 2. The molecule has 1 N–H and O–H groups in total. The maximum atomic E-state index is 5.57. The number of aromatic amines is 1. The van der Waals surface area contributed by atoms with Crippen molar-refractivity contribution >= 4 is 23.3 Å². The number of H-pyrrole nitrogens is 1. The minimum absolute atomic E-state index is 0.494. The lowest BCUT2D eigenvalue weighted by Crippen LogP contribution is -2.40. The van der Waals surface area contributed by atoms with Gasteiger partial charge in [0.2, 0.25) is 0 Å². The van der Waals surface area contributed by atoms with E-state index in [0.29, 0.717) is 12.0 Å². The number of benzene rings is 1. The summed E-state index contributed by atoms with van der Waals surface area (Å²) in [6.07, 6.45) is 2.33. The van der Waals surface area contributed by atoms with E-state index in [1.54, 1.807) is 0 Å². The van der Waals surface area contributed by atoms with Crippen LogP contribution in [0.5, 0.6) is 0 Å². The van der Waals surface area contributed by atoms with E-state index >= 15 is 0 Å². The van der Waals surface area contributed by atoms with Gasteiger partial charge in [-0.3, -0.25) is 4.90 Å². The number of allylic oxidation sites excluding steroid dienone is 1. The molecule has 2 heterocycles. The van der Waals surface area contributed by atoms with Crippen LogP contribution in [-0.4, -0.2) is 27.0 Å². The average Bonchev–Trinajstić information content (AvgIpc) is 2.66. The fourth-order valence-corrected chi connectivity index (χ4v) is 3.64. The molecule has 1 aromatic heterocycles. The Bertz CT molecular complexity index is 762. The first kappa shape index (κ1) is 15.5. The van der Waals surface area contributed by atoms with E-state index in [-0.39, 0.29) is 0 Å². The van der Waals surface area contributed by atoms with Gasteiger partial charge in [-0.25, -0.2) is 0 Å². The van der Waals surface area contributed by atoms with E-state index in [2.05, 4.69) is 66.4 Å². The van der Waals surface area contributed by atoms with Crippen molar-refractivity contribution in [1.29, 1.82) is 0 Å². The van der Waals surface area contributed by atoms with Gasteiger partial charge in [-0.05, 0) is 43.6 Å². The molecule has 0 bridgehead atoms. The number of para-hydroxylation sites is 1. The Hall–Kier alpha value is -1.39. The molecule has 1 atom stereocenters. The van der Waals surface area contributed by atoms with Crippen LogP contribution in [0, 0.1) is 10.7 Å². The second kappa shape index (κ2) is 6.01. The zero-order valence-corrected chi connectivity index (χ0v) is 14.7. The van der Waals surface area contributed by atoms with Crippen molar-refractivity contribution in [2.24, 2.45) is 5.92 Å². The predicted molar refractivity (Wildman–Crippen MR) is 95.6 cm³/mol. The monoisotopic (exact) mass is 315 g/mol. The third-order valence-corrected chi connectivity index (χ3v) is 4.91. The van der Waals surface area contributed by atoms with Crippen LogP contribution >= 0.6 is 12.2 Å². The largest absolute Gasteiger partial charge is 0.331 e. The minimum atomic E-state index is 0.494. The summed E-state index contributed by atoms with van der Waals surface area (Å²) in [7, 11) is 0. The molecule has 0 aliphatic carbocycles. The standard InChI is InChI=1S/C18H25N3S/c1-12(2)8-9-20-10-14-6-5-7-15-17(14)21(18(22)19-15)11-16(20)13(3)4/h5-8,13,16H,9-11H2,1-4H3,(H,19,22)/t16-/m1/s1. The maximum absolute atomic E-state index is 5.57. The van der Waals surface area contributed by atoms with Gasteiger partial charge in [0.15, 0.2) is 4.77 Å². The molecule has 118 valence electrons. The van der Waals surface area contributed by atoms with Crippen molar-refractivity contribution in [3.8, 4) is 0 Å². The van der Waals surface area contributed by atoms with E-state index in [1.807, 2.05) is 0 Å². The second-order valence-corrected chi connectivity index (χ2v) is 7.26. The van der Waals surface area contributed by atoms with E-state index in [9.17, 15) is 0 Å². The van der Waals surface area contributed by atoms with Crippen molar-refractivity contribution in [2.75, 3.05) is 6.54 Å². The highest BCUT2D eigenvalue weighted by molar-refractivity contribution is 7.71. The van der Waals surface area contributed by atoms with Crippen molar-refractivity contribution in [1.82, 2.24) is 14.5 Å². The topological polar surface area (TPSA) is 24.0 Å². The minimum Gasteiger partial charge on any atom is -0.331 e. The molecule has 0 unspecified atom stereocenters. The fraction of sp³-hybridized carbons (Fsp3) is 0.500. The van der Waals surface area contributed by atoms with Crippen molar-refractivity contribution in [3.63, 3.8) is 0 Å². The summed E-state index contributed by atoms with van der Waals surface area (Å²) in [5.41, 5.74) is 5.20. The molecule has 22 heavy (non-hydrogen) atoms. The first-order chi connectivity index (χ1) is 10.5. The van der Waals surface area contributed by atoms with Crippen LogP contribution in [0.25, 0.3) is 11.0 Å². The lowest BCUT2D eigenvalue weighted by molar-refractivity contribution is 0.151. The van der Waals surface area contributed by atoms with Gasteiger partial charge in [-0.2, -0.15) is 0 Å². The number of nitrogens with one attached hydrogen (secondary N) is 1. The van der Waals surface area contributed by atoms with Gasteiger partial charge in [-0.1, -0.05) is 37.6 Å². The Kier molecular flexibility index (Phi) is 4.24. The normalized spacial score (nSPS) is 18.7. The van der Waals surface area contributed by atoms with Crippen molar-refractivity contribution < 1.29 is 0 Å². The van der Waals surface area contributed by atoms with Crippen molar-refractivity contribution in [3.05, 3.63) is 40.2 Å². The molecule has 0 fully saturated rings. The molecule has 1 aliphatic heterocycles. The van der Waals surface area contributed by atoms with Crippen LogP contribution in [0.4, 0.5) is 0 Å². The van der Waals surface area contributed by atoms with Gasteiger partial charge < -0.3 is 9.55 Å². The molecule has 2 aromatic rings. The number of imidazole rings is 1. The van der Waals surface area contributed by atoms with Gasteiger partial charge in [-0.15, -0.1) is 0 Å². The maximum Gasteiger partial charge on any atom is 0.178 e. The summed E-state index contributed by atoms with van der Waals surface area (Å²) < 4.78 is 3.14. The fourth-order valence-electron chi connectivity index (χ4n) is 3.37. The summed E-state index contributed by atoms with van der Waals surface area (Å²) in [5.74, 6) is 0.590. The van der Waals surface area contributed by atoms with E-state index < -0.39 is 0 Å². The Morgan fingerprint density at radius 1 is 1.41 bits per heavy atom. The number of hydrogen-bond acceptors (Lipinski definition) is 2. The molecule has 3 nitrogen and oxygen atoms in total. The molecule has 3 rings (SSSR count). The van der Waals surface area contributed by atoms with Gasteiger partial charge in [0.1, 0.15) is 0 Å². The third kappa shape index (κ3) is 2.77. The Balaban J connectivity index is 2.09. The van der Waals surface area contributed by atoms with Crippen LogP contribution in [0.2, 0.25) is 0 Å². The molecule has 4 heteroatoms. The zero-order valence-electron chi connectivity index (χ0n) is 13.9. The van der Waals surface area contributed by atoms with Crippen LogP contribution in [0.15, 0.2) is 29.8 Å². The summed E-state index contributed by atoms with van der Waals surface area (Å²) in [5, 5.41) is 0. The highest BCUT2D eigenvalue weighted by atomic mass is 32.1. The first-order valence-corrected chi connectivity index (χ1v) is 8.46. The molecule has 1 aliphatic rings. The number of rotatable bonds is 3. The van der Waals surface area contributed by atoms with Gasteiger partial charge in [0.05, 0.1) is 11.0 Å². The quantitative estimate of drug-likeness (QED) is 0.666. The lowest BCUT2D eigenvalue weighted by atomic mass is 10.0. The second-order valence-electron chi connectivity index (χ2n) is 6.88. The van der Waals surface area contributed by atoms with Gasteiger partial charge in [0.25, 0.3) is 0 Å². The van der Waals surface area contributed by atoms with Crippen LogP contribution < -0.4 is 0 Å². The molecule has 0 radical (unpaired) electrons. The van der Waals surface area contributed by atoms with Crippen LogP contribution in [-0.2, 0) is 13.1 Å². The highest BCUT2D eigenvalue weighted by Gasteiger charge is 2.27. The highest BCUT2D eigenvalue weighted by Crippen LogP contribution is 2.28. The number of hydrogen-bond donors (Lipinski definition) is 1. The molecule has 0 saturated heterocycles. The van der Waals surface area contributed by atoms with E-state index in [1.165, 1.54) is 16.7 Å². The SMILES string of the molecule is CC(C)=CCN1Cc2cccc3[nH]c(=S)n(c23)C[C@@H]1C(C)C. The summed E-state index contributed by atoms with van der Waals surface area (Å²) in [6, 6.07) is 6.98. The van der Waals surface area contributed by atoms with E-state index in [0.717, 1.165) is 29.9 Å². The van der Waals surface area contributed by atoms with Crippen LogP contribution in [0.3, 0.4) is 0 Å². The Morgan fingerprint density at radius 2 is 2.18 bits per heavy atom. The van der Waals surface area contributed by atoms with Crippen molar-refractivity contribution in [2.45, 2.75) is 46.8 Å². The predicted octanol–water partition coefficient (Wildman–Crippen LogP) is 4.51. The Morgan fingerprint density at radius 3 is 2.86 bits per heavy atom. The Labute approximate surface area is 137 Å². The van der Waals surface area contributed by atoms with Crippen LogP contribution in [0.1, 0.15) is 33.3 Å². The number of nitrogens with zero attached hydrogens (tertiary/aromatic N) is 2. The molecule has 0 spiro atoms. The first-order valence-electron chi connectivity index (χ1n) is 8.05. The third-order valence-electron chi connectivity index (χ3n) is 4.59. The molecular weight excluding hydrogens is 290 g/mol. The van der Waals surface area contributed by atoms with Gasteiger partial charge in [0, 0.05) is 25.7 Å². The zero-order chi connectivity index (χ0) is 15.9. The summed E-state index contributed by atoms with van der Waals surface area (Å²) in [4.78, 5) is 5.95. The van der Waals surface area contributed by atoms with E-state index in [4.69, 9.17) is 12.2 Å². The average molecular weight is 315 g/mol. The molecule has 1 aromatic carbocycles. The molecule has 0 saturated carbocycles. The van der Waals surface area contributed by atoms with Gasteiger partial charge >= 0.3 is 0 Å². The summed E-state index contributed by atoms with van der Waals surface area (Å²) in [6.45, 7) is 11.9.